The number of hydrogen-bond donors (Lipinski definition) is 1. The highest BCUT2D eigenvalue weighted by atomic mass is 35.5. The van der Waals surface area contributed by atoms with Gasteiger partial charge >= 0.3 is 5.97 Å². The van der Waals surface area contributed by atoms with Crippen LogP contribution < -0.4 is 4.84 Å². The summed E-state index contributed by atoms with van der Waals surface area (Å²) < 4.78 is 4.67. The van der Waals surface area contributed by atoms with Crippen LogP contribution in [0, 0.1) is 5.92 Å². The molecule has 0 aliphatic heterocycles. The fourth-order valence-electron chi connectivity index (χ4n) is 1.92. The highest BCUT2D eigenvalue weighted by molar-refractivity contribution is 6.14. The molecule has 1 fully saturated rings. The van der Waals surface area contributed by atoms with Crippen molar-refractivity contribution in [3.05, 3.63) is 0 Å². The molecule has 1 aliphatic carbocycles. The molecule has 1 aliphatic rings. The van der Waals surface area contributed by atoms with E-state index in [1.165, 1.54) is 26.4 Å². The summed E-state index contributed by atoms with van der Waals surface area (Å²) in [6, 6.07) is -0.327. The lowest BCUT2D eigenvalue weighted by Crippen LogP contribution is -2.40. The monoisotopic (exact) mass is 205 g/mol. The quantitative estimate of drug-likeness (QED) is 0.565. The van der Waals surface area contributed by atoms with Gasteiger partial charge in [-0.15, -0.1) is 0 Å². The zero-order valence-corrected chi connectivity index (χ0v) is 8.64. The Morgan fingerprint density at radius 3 is 2.54 bits per heavy atom. The van der Waals surface area contributed by atoms with E-state index in [2.05, 4.69) is 9.57 Å². The number of ether oxygens (including phenoxy) is 1. The van der Waals surface area contributed by atoms with E-state index in [1.807, 2.05) is 0 Å². The Kier molecular flexibility index (Phi) is 4.53. The van der Waals surface area contributed by atoms with Crippen molar-refractivity contribution in [2.24, 2.45) is 5.92 Å². The number of hydrogen-bond acceptors (Lipinski definition) is 3. The number of rotatable bonds is 3. The van der Waals surface area contributed by atoms with Gasteiger partial charge in [-0.05, 0) is 30.5 Å². The van der Waals surface area contributed by atoms with Crippen molar-refractivity contribution < 1.29 is 9.53 Å². The minimum Gasteiger partial charge on any atom is -0.468 e. The van der Waals surface area contributed by atoms with Gasteiger partial charge in [-0.25, -0.2) is 4.84 Å². The summed E-state index contributed by atoms with van der Waals surface area (Å²) in [6.07, 6.45) is 5.79. The molecule has 1 N–H and O–H groups in total. The SMILES string of the molecule is COC(=O)[C@H](NCl)C1CCCCC1. The molecular weight excluding hydrogens is 190 g/mol. The number of methoxy groups -OCH3 is 1. The Hall–Kier alpha value is -0.280. The molecular formula is C9H16ClNO2. The average Bonchev–Trinajstić information content (AvgIpc) is 2.20. The second-order valence-corrected chi connectivity index (χ2v) is 3.73. The Bertz CT molecular complexity index is 169. The van der Waals surface area contributed by atoms with E-state index in [0.29, 0.717) is 5.92 Å². The van der Waals surface area contributed by atoms with Crippen molar-refractivity contribution in [3.63, 3.8) is 0 Å². The van der Waals surface area contributed by atoms with E-state index in [4.69, 9.17) is 11.8 Å². The molecule has 0 radical (unpaired) electrons. The third-order valence-corrected chi connectivity index (χ3v) is 2.93. The second-order valence-electron chi connectivity index (χ2n) is 3.51. The molecule has 0 aromatic carbocycles. The van der Waals surface area contributed by atoms with Gasteiger partial charge in [0.05, 0.1) is 7.11 Å². The van der Waals surface area contributed by atoms with Crippen LogP contribution in [0.3, 0.4) is 0 Å². The van der Waals surface area contributed by atoms with E-state index in [0.717, 1.165) is 12.8 Å². The molecule has 1 saturated carbocycles. The van der Waals surface area contributed by atoms with Crippen LogP contribution in [-0.2, 0) is 9.53 Å². The van der Waals surface area contributed by atoms with E-state index in [1.54, 1.807) is 0 Å². The van der Waals surface area contributed by atoms with Crippen molar-refractivity contribution in [1.82, 2.24) is 4.84 Å². The maximum atomic E-state index is 11.3. The number of carbonyl (C=O) groups excluding carboxylic acids is 1. The van der Waals surface area contributed by atoms with Crippen molar-refractivity contribution in [2.75, 3.05) is 7.11 Å². The highest BCUT2D eigenvalue weighted by Crippen LogP contribution is 2.27. The van der Waals surface area contributed by atoms with Gasteiger partial charge in [0.25, 0.3) is 0 Å². The third-order valence-electron chi connectivity index (χ3n) is 2.69. The lowest BCUT2D eigenvalue weighted by atomic mass is 9.84. The van der Waals surface area contributed by atoms with Crippen molar-refractivity contribution in [1.29, 1.82) is 0 Å². The molecule has 0 aromatic rings. The zero-order valence-electron chi connectivity index (χ0n) is 7.88. The molecule has 1 rings (SSSR count). The van der Waals surface area contributed by atoms with Gasteiger partial charge in [0.2, 0.25) is 0 Å². The topological polar surface area (TPSA) is 38.3 Å². The van der Waals surface area contributed by atoms with Gasteiger partial charge in [0, 0.05) is 0 Å². The summed E-state index contributed by atoms with van der Waals surface area (Å²) in [7, 11) is 1.40. The standard InChI is InChI=1S/C9H16ClNO2/c1-13-9(12)8(11-10)7-5-3-2-4-6-7/h7-8,11H,2-6H2,1H3/t8-/m1/s1. The van der Waals surface area contributed by atoms with Crippen LogP contribution in [-0.4, -0.2) is 19.1 Å². The van der Waals surface area contributed by atoms with Gasteiger partial charge in [-0.1, -0.05) is 19.3 Å². The van der Waals surface area contributed by atoms with Gasteiger partial charge in [-0.2, -0.15) is 0 Å². The van der Waals surface area contributed by atoms with Crippen LogP contribution in [0.1, 0.15) is 32.1 Å². The molecule has 3 nitrogen and oxygen atoms in total. The molecule has 4 heteroatoms. The van der Waals surface area contributed by atoms with E-state index in [-0.39, 0.29) is 12.0 Å². The van der Waals surface area contributed by atoms with Crippen LogP contribution in [0.25, 0.3) is 0 Å². The Balaban J connectivity index is 2.48. The summed E-state index contributed by atoms with van der Waals surface area (Å²) in [5.74, 6) is 0.0978. The molecule has 0 spiro atoms. The number of nitrogens with one attached hydrogen (secondary N) is 1. The summed E-state index contributed by atoms with van der Waals surface area (Å²) in [6.45, 7) is 0. The normalized spacial score (nSPS) is 21.1. The van der Waals surface area contributed by atoms with Crippen molar-refractivity contribution in [3.8, 4) is 0 Å². The Morgan fingerprint density at radius 1 is 1.46 bits per heavy atom. The largest absolute Gasteiger partial charge is 0.468 e. The molecule has 0 amide bonds. The lowest BCUT2D eigenvalue weighted by Gasteiger charge is -2.26. The smallest absolute Gasteiger partial charge is 0.324 e. The van der Waals surface area contributed by atoms with Gasteiger partial charge in [0.1, 0.15) is 6.04 Å². The number of halogens is 1. The predicted molar refractivity (Wildman–Crippen MR) is 51.4 cm³/mol. The molecule has 0 saturated heterocycles. The first-order chi connectivity index (χ1) is 6.29. The first-order valence-corrected chi connectivity index (χ1v) is 5.11. The summed E-state index contributed by atoms with van der Waals surface area (Å²) >= 11 is 5.52. The van der Waals surface area contributed by atoms with E-state index < -0.39 is 0 Å². The highest BCUT2D eigenvalue weighted by Gasteiger charge is 2.29. The second kappa shape index (κ2) is 5.45. The lowest BCUT2D eigenvalue weighted by molar-refractivity contribution is -0.144. The Labute approximate surface area is 83.9 Å². The molecule has 13 heavy (non-hydrogen) atoms. The molecule has 76 valence electrons. The summed E-state index contributed by atoms with van der Waals surface area (Å²) in [5.41, 5.74) is 0. The molecule has 0 bridgehead atoms. The Morgan fingerprint density at radius 2 is 2.08 bits per heavy atom. The van der Waals surface area contributed by atoms with Crippen LogP contribution in [0.15, 0.2) is 0 Å². The number of esters is 1. The maximum absolute atomic E-state index is 11.3. The molecule has 0 aromatic heterocycles. The minimum absolute atomic E-state index is 0.248. The molecule has 0 unspecified atom stereocenters. The fourth-order valence-corrected chi connectivity index (χ4v) is 2.19. The summed E-state index contributed by atoms with van der Waals surface area (Å²) in [4.78, 5) is 13.8. The first-order valence-electron chi connectivity index (χ1n) is 4.73. The van der Waals surface area contributed by atoms with Crippen LogP contribution in [0.2, 0.25) is 0 Å². The minimum atomic E-state index is -0.327. The maximum Gasteiger partial charge on any atom is 0.324 e. The molecule has 0 heterocycles. The van der Waals surface area contributed by atoms with Crippen LogP contribution >= 0.6 is 11.8 Å². The number of carbonyl (C=O) groups is 1. The average molecular weight is 206 g/mol. The fraction of sp³-hybridized carbons (Fsp3) is 0.889. The third kappa shape index (κ3) is 2.85. The summed E-state index contributed by atoms with van der Waals surface area (Å²) in [5, 5.41) is 0. The van der Waals surface area contributed by atoms with Crippen LogP contribution in [0.4, 0.5) is 0 Å². The molecule has 1 atom stereocenters. The van der Waals surface area contributed by atoms with Crippen molar-refractivity contribution >= 4 is 17.7 Å². The van der Waals surface area contributed by atoms with Gasteiger partial charge < -0.3 is 4.74 Å². The van der Waals surface area contributed by atoms with Gasteiger partial charge in [-0.3, -0.25) is 4.79 Å². The zero-order chi connectivity index (χ0) is 9.68. The van der Waals surface area contributed by atoms with Gasteiger partial charge in [0.15, 0.2) is 0 Å². The van der Waals surface area contributed by atoms with E-state index in [9.17, 15) is 4.79 Å². The first kappa shape index (κ1) is 10.8. The van der Waals surface area contributed by atoms with Crippen LogP contribution in [0.5, 0.6) is 0 Å². The predicted octanol–water partition coefficient (Wildman–Crippen LogP) is 1.85. The van der Waals surface area contributed by atoms with Crippen molar-refractivity contribution in [2.45, 2.75) is 38.1 Å². The van der Waals surface area contributed by atoms with E-state index >= 15 is 0 Å².